The number of anilines is 1. The van der Waals surface area contributed by atoms with Gasteiger partial charge in [0.2, 0.25) is 0 Å². The molecule has 2 aromatic rings. The Bertz CT molecular complexity index is 857. The summed E-state index contributed by atoms with van der Waals surface area (Å²) >= 11 is 5.72. The second-order valence-electron chi connectivity index (χ2n) is 6.60. The van der Waals surface area contributed by atoms with Crippen molar-refractivity contribution >= 4 is 23.0 Å². The first-order valence-corrected chi connectivity index (χ1v) is 9.16. The maximum atomic E-state index is 6.50. The molecule has 26 heavy (non-hydrogen) atoms. The van der Waals surface area contributed by atoms with E-state index >= 15 is 0 Å². The van der Waals surface area contributed by atoms with Crippen LogP contribution in [0.1, 0.15) is 31.9 Å². The Morgan fingerprint density at radius 2 is 2.00 bits per heavy atom. The number of hydrogen-bond acceptors (Lipinski definition) is 4. The second-order valence-corrected chi connectivity index (χ2v) is 6.98. The zero-order chi connectivity index (χ0) is 18.3. The maximum Gasteiger partial charge on any atom is 0.188 e. The van der Waals surface area contributed by atoms with Gasteiger partial charge < -0.3 is 19.5 Å². The van der Waals surface area contributed by atoms with Crippen LogP contribution >= 0.6 is 12.2 Å². The molecular weight excluding hydrogens is 348 g/mol. The molecule has 0 aliphatic carbocycles. The molecule has 5 nitrogen and oxygen atoms in total. The van der Waals surface area contributed by atoms with Crippen molar-refractivity contribution in [3.05, 3.63) is 48.0 Å². The number of thiocarbonyl (C=S) groups is 1. The summed E-state index contributed by atoms with van der Waals surface area (Å²) in [4.78, 5) is 2.01. The van der Waals surface area contributed by atoms with E-state index in [9.17, 15) is 0 Å². The summed E-state index contributed by atoms with van der Waals surface area (Å²) in [6.07, 6.45) is 0.758. The van der Waals surface area contributed by atoms with Crippen molar-refractivity contribution in [1.29, 1.82) is 0 Å². The molecular formula is C20H22N2O3S. The van der Waals surface area contributed by atoms with Crippen molar-refractivity contribution in [3.8, 4) is 17.2 Å². The summed E-state index contributed by atoms with van der Waals surface area (Å²) in [6.45, 7) is 4.62. The molecule has 0 unspecified atom stereocenters. The van der Waals surface area contributed by atoms with E-state index in [1.54, 1.807) is 7.11 Å². The van der Waals surface area contributed by atoms with Gasteiger partial charge >= 0.3 is 0 Å². The van der Waals surface area contributed by atoms with Crippen molar-refractivity contribution in [3.63, 3.8) is 0 Å². The number of hydrogen-bond donors (Lipinski definition) is 1. The molecule has 4 rings (SSSR count). The smallest absolute Gasteiger partial charge is 0.188 e. The molecule has 0 radical (unpaired) electrons. The van der Waals surface area contributed by atoms with Crippen LogP contribution in [0.3, 0.4) is 0 Å². The highest BCUT2D eigenvalue weighted by Gasteiger charge is 2.49. The Morgan fingerprint density at radius 3 is 2.77 bits per heavy atom. The van der Waals surface area contributed by atoms with E-state index in [4.69, 9.17) is 26.4 Å². The van der Waals surface area contributed by atoms with Crippen LogP contribution in [0.25, 0.3) is 0 Å². The van der Waals surface area contributed by atoms with E-state index in [0.29, 0.717) is 11.7 Å². The Balaban J connectivity index is 1.82. The third kappa shape index (κ3) is 2.56. The fourth-order valence-corrected chi connectivity index (χ4v) is 4.24. The maximum absolute atomic E-state index is 6.50. The van der Waals surface area contributed by atoms with Crippen LogP contribution in [0.15, 0.2) is 42.5 Å². The molecule has 0 aromatic heterocycles. The number of nitrogens with zero attached hydrogens (tertiary/aromatic N) is 1. The van der Waals surface area contributed by atoms with Crippen LogP contribution in [-0.4, -0.2) is 24.6 Å². The topological polar surface area (TPSA) is 43.0 Å². The first kappa shape index (κ1) is 17.0. The summed E-state index contributed by atoms with van der Waals surface area (Å²) in [5, 5.41) is 4.09. The first-order valence-electron chi connectivity index (χ1n) is 8.76. The van der Waals surface area contributed by atoms with Gasteiger partial charge in [-0.3, -0.25) is 4.90 Å². The van der Waals surface area contributed by atoms with Crippen molar-refractivity contribution in [2.45, 2.75) is 32.0 Å². The molecule has 2 aliphatic heterocycles. The molecule has 1 N–H and O–H groups in total. The SMILES string of the molecule is CCOc1ccccc1N1C(=S)N[C@H]2C[C@]1(C)Oc1c(OC)cccc12. The highest BCUT2D eigenvalue weighted by atomic mass is 32.1. The van der Waals surface area contributed by atoms with E-state index in [2.05, 4.69) is 18.3 Å². The minimum Gasteiger partial charge on any atom is -0.493 e. The minimum atomic E-state index is -0.637. The van der Waals surface area contributed by atoms with Gasteiger partial charge in [0.05, 0.1) is 25.4 Å². The van der Waals surface area contributed by atoms with Crippen LogP contribution in [-0.2, 0) is 0 Å². The quantitative estimate of drug-likeness (QED) is 0.820. The monoisotopic (exact) mass is 370 g/mol. The van der Waals surface area contributed by atoms with Crippen LogP contribution in [0, 0.1) is 0 Å². The van der Waals surface area contributed by atoms with Gasteiger partial charge in [0.1, 0.15) is 5.75 Å². The normalized spacial score (nSPS) is 23.6. The Kier molecular flexibility index (Phi) is 4.15. The number of nitrogens with one attached hydrogen (secondary N) is 1. The van der Waals surface area contributed by atoms with Crippen LogP contribution in [0.4, 0.5) is 5.69 Å². The van der Waals surface area contributed by atoms with E-state index in [-0.39, 0.29) is 6.04 Å². The molecule has 6 heteroatoms. The van der Waals surface area contributed by atoms with Crippen molar-refractivity contribution in [2.75, 3.05) is 18.6 Å². The summed E-state index contributed by atoms with van der Waals surface area (Å²) in [5.41, 5.74) is 1.33. The lowest BCUT2D eigenvalue weighted by Crippen LogP contribution is -2.65. The van der Waals surface area contributed by atoms with Crippen molar-refractivity contribution < 1.29 is 14.2 Å². The molecule has 0 spiro atoms. The minimum absolute atomic E-state index is 0.0851. The van der Waals surface area contributed by atoms with Gasteiger partial charge in [0.25, 0.3) is 0 Å². The zero-order valence-corrected chi connectivity index (χ0v) is 15.9. The lowest BCUT2D eigenvalue weighted by Gasteiger charge is -2.52. The fraction of sp³-hybridized carbons (Fsp3) is 0.350. The average molecular weight is 370 g/mol. The Labute approximate surface area is 158 Å². The number of methoxy groups -OCH3 is 1. The van der Waals surface area contributed by atoms with Crippen LogP contribution in [0.5, 0.6) is 17.2 Å². The first-order chi connectivity index (χ1) is 12.6. The van der Waals surface area contributed by atoms with E-state index in [1.165, 1.54) is 0 Å². The number of benzene rings is 2. The third-order valence-electron chi connectivity index (χ3n) is 4.89. The highest BCUT2D eigenvalue weighted by Crippen LogP contribution is 2.50. The Hall–Kier alpha value is -2.47. The number of rotatable bonds is 4. The van der Waals surface area contributed by atoms with Gasteiger partial charge in [0.15, 0.2) is 22.3 Å². The van der Waals surface area contributed by atoms with Gasteiger partial charge in [-0.05, 0) is 44.3 Å². The number of fused-ring (bicyclic) bond motifs is 4. The predicted octanol–water partition coefficient (Wildman–Crippen LogP) is 4.03. The predicted molar refractivity (Wildman–Crippen MR) is 105 cm³/mol. The molecule has 2 aromatic carbocycles. The van der Waals surface area contributed by atoms with Gasteiger partial charge in [-0.15, -0.1) is 0 Å². The van der Waals surface area contributed by atoms with E-state index in [1.807, 2.05) is 48.2 Å². The summed E-state index contributed by atoms with van der Waals surface area (Å²) in [6, 6.07) is 13.9. The molecule has 0 saturated carbocycles. The lowest BCUT2D eigenvalue weighted by atomic mass is 9.90. The Morgan fingerprint density at radius 1 is 1.23 bits per heavy atom. The zero-order valence-electron chi connectivity index (χ0n) is 15.1. The molecule has 2 atom stereocenters. The standard InChI is InChI=1S/C20H22N2O3S/c1-4-24-16-10-6-5-9-15(16)22-19(26)21-14-12-20(22,2)25-18-13(14)8-7-11-17(18)23-3/h5-11,14H,4,12H2,1-3H3,(H,21,26)/t14-,20-/m0/s1. The lowest BCUT2D eigenvalue weighted by molar-refractivity contribution is 0.0460. The van der Waals surface area contributed by atoms with Crippen molar-refractivity contribution in [2.24, 2.45) is 0 Å². The largest absolute Gasteiger partial charge is 0.493 e. The molecule has 136 valence electrons. The van der Waals surface area contributed by atoms with Gasteiger partial charge in [-0.1, -0.05) is 24.3 Å². The summed E-state index contributed by atoms with van der Waals surface area (Å²) < 4.78 is 17.9. The third-order valence-corrected chi connectivity index (χ3v) is 5.19. The second kappa shape index (κ2) is 6.36. The number of ether oxygens (including phenoxy) is 3. The molecule has 2 heterocycles. The summed E-state index contributed by atoms with van der Waals surface area (Å²) in [5.74, 6) is 2.28. The average Bonchev–Trinajstić information content (AvgIpc) is 2.62. The van der Waals surface area contributed by atoms with Gasteiger partial charge in [0, 0.05) is 12.0 Å². The number of para-hydroxylation sites is 3. The molecule has 0 amide bonds. The van der Waals surface area contributed by atoms with Crippen LogP contribution < -0.4 is 24.4 Å². The molecule has 2 aliphatic rings. The van der Waals surface area contributed by atoms with Crippen molar-refractivity contribution in [1.82, 2.24) is 5.32 Å². The van der Waals surface area contributed by atoms with E-state index in [0.717, 1.165) is 34.9 Å². The molecule has 1 fully saturated rings. The van der Waals surface area contributed by atoms with E-state index < -0.39 is 5.72 Å². The summed E-state index contributed by atoms with van der Waals surface area (Å²) in [7, 11) is 1.66. The fourth-order valence-electron chi connectivity index (χ4n) is 3.81. The van der Waals surface area contributed by atoms with Gasteiger partial charge in [-0.2, -0.15) is 0 Å². The van der Waals surface area contributed by atoms with Crippen LogP contribution in [0.2, 0.25) is 0 Å². The van der Waals surface area contributed by atoms with Gasteiger partial charge in [-0.25, -0.2) is 0 Å². The molecule has 2 bridgehead atoms. The highest BCUT2D eigenvalue weighted by molar-refractivity contribution is 7.80. The molecule has 1 saturated heterocycles.